The lowest BCUT2D eigenvalue weighted by molar-refractivity contribution is -0.0782. The molecule has 0 saturated heterocycles. The Morgan fingerprint density at radius 3 is 2.48 bits per heavy atom. The number of ether oxygens (including phenoxy) is 1. The molecule has 0 aromatic heterocycles. The molecule has 0 aliphatic heterocycles. The molecule has 1 aliphatic carbocycles. The van der Waals surface area contributed by atoms with Crippen LogP contribution in [-0.4, -0.2) is 18.8 Å². The van der Waals surface area contributed by atoms with E-state index in [1.54, 1.807) is 19.2 Å². The second kappa shape index (κ2) is 6.23. The van der Waals surface area contributed by atoms with E-state index in [1.807, 2.05) is 0 Å². The Hall–Kier alpha value is -0.640. The molecule has 118 valence electrons. The highest BCUT2D eigenvalue weighted by Gasteiger charge is 2.42. The fraction of sp³-hybridized carbons (Fsp3) is 0.647. The average Bonchev–Trinajstić information content (AvgIpc) is 2.43. The van der Waals surface area contributed by atoms with Crippen LogP contribution in [0.5, 0.6) is 0 Å². The van der Waals surface area contributed by atoms with Crippen LogP contribution in [0.15, 0.2) is 18.2 Å². The number of benzene rings is 1. The first-order valence-electron chi connectivity index (χ1n) is 7.53. The Balaban J connectivity index is 2.14. The largest absolute Gasteiger partial charge is 0.377 e. The van der Waals surface area contributed by atoms with Gasteiger partial charge in [0.2, 0.25) is 0 Å². The normalized spacial score (nSPS) is 22.0. The first kappa shape index (κ1) is 16.7. The zero-order valence-corrected chi connectivity index (χ0v) is 13.8. The van der Waals surface area contributed by atoms with Gasteiger partial charge < -0.3 is 10.5 Å². The molecule has 21 heavy (non-hydrogen) atoms. The van der Waals surface area contributed by atoms with Crippen molar-refractivity contribution in [2.45, 2.75) is 57.6 Å². The molecule has 1 aliphatic rings. The van der Waals surface area contributed by atoms with E-state index in [0.717, 1.165) is 25.7 Å². The van der Waals surface area contributed by atoms with Gasteiger partial charge in [-0.3, -0.25) is 0 Å². The van der Waals surface area contributed by atoms with Gasteiger partial charge in [-0.1, -0.05) is 25.4 Å². The van der Waals surface area contributed by atoms with Crippen molar-refractivity contribution in [3.63, 3.8) is 0 Å². The third-order valence-corrected chi connectivity index (χ3v) is 5.21. The maximum absolute atomic E-state index is 13.9. The third kappa shape index (κ3) is 3.77. The molecule has 2 rings (SSSR count). The van der Waals surface area contributed by atoms with E-state index in [2.05, 4.69) is 13.8 Å². The summed E-state index contributed by atoms with van der Waals surface area (Å²) in [6.45, 7) is 4.55. The number of halogens is 2. The standard InChI is InChI=1S/C17H25ClFNO/c1-16(2)6-8-17(21-3,9-7-16)15(20)11-12-10-13(18)4-5-14(12)19/h4-5,10,15H,6-9,11,20H2,1-3H3. The van der Waals surface area contributed by atoms with E-state index in [0.29, 0.717) is 22.4 Å². The summed E-state index contributed by atoms with van der Waals surface area (Å²) in [5.41, 5.74) is 6.94. The van der Waals surface area contributed by atoms with E-state index in [9.17, 15) is 4.39 Å². The fourth-order valence-corrected chi connectivity index (χ4v) is 3.39. The van der Waals surface area contributed by atoms with Crippen molar-refractivity contribution in [3.05, 3.63) is 34.6 Å². The summed E-state index contributed by atoms with van der Waals surface area (Å²) >= 11 is 5.95. The van der Waals surface area contributed by atoms with E-state index in [1.165, 1.54) is 6.07 Å². The summed E-state index contributed by atoms with van der Waals surface area (Å²) in [7, 11) is 1.71. The molecular weight excluding hydrogens is 289 g/mol. The SMILES string of the molecule is COC1(C(N)Cc2cc(Cl)ccc2F)CCC(C)(C)CC1. The van der Waals surface area contributed by atoms with Gasteiger partial charge in [0, 0.05) is 18.2 Å². The van der Waals surface area contributed by atoms with E-state index in [-0.39, 0.29) is 17.5 Å². The topological polar surface area (TPSA) is 35.2 Å². The van der Waals surface area contributed by atoms with Gasteiger partial charge in [-0.15, -0.1) is 0 Å². The van der Waals surface area contributed by atoms with Gasteiger partial charge in [0.25, 0.3) is 0 Å². The molecule has 1 fully saturated rings. The minimum absolute atomic E-state index is 0.230. The Kier molecular flexibility index (Phi) is 4.96. The Labute approximate surface area is 131 Å². The van der Waals surface area contributed by atoms with Crippen molar-refractivity contribution in [1.29, 1.82) is 0 Å². The van der Waals surface area contributed by atoms with Gasteiger partial charge in [0.05, 0.1) is 5.60 Å². The van der Waals surface area contributed by atoms with Crippen LogP contribution in [0.3, 0.4) is 0 Å². The van der Waals surface area contributed by atoms with Gasteiger partial charge in [0.1, 0.15) is 5.82 Å². The minimum atomic E-state index is -0.357. The number of hydrogen-bond donors (Lipinski definition) is 1. The zero-order valence-electron chi connectivity index (χ0n) is 13.1. The van der Waals surface area contributed by atoms with E-state index in [4.69, 9.17) is 22.1 Å². The highest BCUT2D eigenvalue weighted by molar-refractivity contribution is 6.30. The van der Waals surface area contributed by atoms with Crippen molar-refractivity contribution in [2.24, 2.45) is 11.1 Å². The monoisotopic (exact) mass is 313 g/mol. The van der Waals surface area contributed by atoms with Gasteiger partial charge >= 0.3 is 0 Å². The molecular formula is C17H25ClFNO. The third-order valence-electron chi connectivity index (χ3n) is 4.98. The van der Waals surface area contributed by atoms with Crippen molar-refractivity contribution < 1.29 is 9.13 Å². The smallest absolute Gasteiger partial charge is 0.126 e. The lowest BCUT2D eigenvalue weighted by Crippen LogP contribution is -2.53. The molecule has 0 amide bonds. The van der Waals surface area contributed by atoms with E-state index >= 15 is 0 Å². The number of hydrogen-bond acceptors (Lipinski definition) is 2. The fourth-order valence-electron chi connectivity index (χ4n) is 3.20. The summed E-state index contributed by atoms with van der Waals surface area (Å²) < 4.78 is 19.7. The van der Waals surface area contributed by atoms with Crippen LogP contribution in [0.4, 0.5) is 4.39 Å². The predicted molar refractivity (Wildman–Crippen MR) is 85.1 cm³/mol. The van der Waals surface area contributed by atoms with Crippen LogP contribution < -0.4 is 5.73 Å². The van der Waals surface area contributed by atoms with Crippen LogP contribution in [0.1, 0.15) is 45.1 Å². The molecule has 2 nitrogen and oxygen atoms in total. The van der Waals surface area contributed by atoms with Crippen molar-refractivity contribution in [1.82, 2.24) is 0 Å². The van der Waals surface area contributed by atoms with Gasteiger partial charge in [0.15, 0.2) is 0 Å². The molecule has 1 unspecified atom stereocenters. The zero-order chi connectivity index (χ0) is 15.7. The molecule has 0 spiro atoms. The molecule has 0 heterocycles. The Bertz CT molecular complexity index is 494. The highest BCUT2D eigenvalue weighted by Crippen LogP contribution is 2.43. The second-order valence-electron chi connectivity index (χ2n) is 6.98. The first-order valence-corrected chi connectivity index (χ1v) is 7.90. The van der Waals surface area contributed by atoms with Crippen molar-refractivity contribution in [3.8, 4) is 0 Å². The molecule has 0 bridgehead atoms. The molecule has 0 radical (unpaired) electrons. The van der Waals surface area contributed by atoms with Crippen molar-refractivity contribution >= 4 is 11.6 Å². The number of nitrogens with two attached hydrogens (primary N) is 1. The Morgan fingerprint density at radius 1 is 1.29 bits per heavy atom. The summed E-state index contributed by atoms with van der Waals surface area (Å²) in [5, 5.41) is 0.537. The van der Waals surface area contributed by atoms with Gasteiger partial charge in [-0.05, 0) is 61.3 Å². The predicted octanol–water partition coefficient (Wildman–Crippen LogP) is 4.33. The van der Waals surface area contributed by atoms with E-state index < -0.39 is 0 Å². The second-order valence-corrected chi connectivity index (χ2v) is 7.42. The van der Waals surface area contributed by atoms with Crippen LogP contribution in [0.25, 0.3) is 0 Å². The minimum Gasteiger partial charge on any atom is -0.377 e. The molecule has 1 aromatic rings. The molecule has 2 N–H and O–H groups in total. The van der Waals surface area contributed by atoms with Crippen LogP contribution in [0, 0.1) is 11.2 Å². The maximum Gasteiger partial charge on any atom is 0.126 e. The summed E-state index contributed by atoms with van der Waals surface area (Å²) in [6.07, 6.45) is 4.43. The summed E-state index contributed by atoms with van der Waals surface area (Å²) in [6, 6.07) is 4.38. The molecule has 1 aromatic carbocycles. The van der Waals surface area contributed by atoms with Crippen LogP contribution in [0.2, 0.25) is 5.02 Å². The summed E-state index contributed by atoms with van der Waals surface area (Å²) in [4.78, 5) is 0. The highest BCUT2D eigenvalue weighted by atomic mass is 35.5. The number of methoxy groups -OCH3 is 1. The van der Waals surface area contributed by atoms with Gasteiger partial charge in [-0.2, -0.15) is 0 Å². The average molecular weight is 314 g/mol. The van der Waals surface area contributed by atoms with Crippen LogP contribution in [-0.2, 0) is 11.2 Å². The lowest BCUT2D eigenvalue weighted by Gasteiger charge is -2.46. The molecule has 1 saturated carbocycles. The molecule has 1 atom stereocenters. The van der Waals surface area contributed by atoms with Gasteiger partial charge in [-0.25, -0.2) is 4.39 Å². The maximum atomic E-state index is 13.9. The summed E-state index contributed by atoms with van der Waals surface area (Å²) in [5.74, 6) is -0.253. The lowest BCUT2D eigenvalue weighted by atomic mass is 9.68. The Morgan fingerprint density at radius 2 is 1.90 bits per heavy atom. The van der Waals surface area contributed by atoms with Crippen molar-refractivity contribution in [2.75, 3.05) is 7.11 Å². The quantitative estimate of drug-likeness (QED) is 0.897. The number of rotatable bonds is 4. The first-order chi connectivity index (χ1) is 9.78. The molecule has 4 heteroatoms. The van der Waals surface area contributed by atoms with Crippen LogP contribution >= 0.6 is 11.6 Å².